The van der Waals surface area contributed by atoms with Crippen molar-refractivity contribution in [1.29, 1.82) is 0 Å². The van der Waals surface area contributed by atoms with E-state index in [1.165, 1.54) is 34.8 Å². The molecular weight excluding hydrogens is 818 g/mol. The van der Waals surface area contributed by atoms with Gasteiger partial charge in [-0.15, -0.1) is 23.1 Å². The predicted molar refractivity (Wildman–Crippen MR) is 228 cm³/mol. The first-order chi connectivity index (χ1) is 28.2. The molecule has 0 spiro atoms. The molecule has 58 heavy (non-hydrogen) atoms. The second-order valence-corrected chi connectivity index (χ2v) is 18.9. The van der Waals surface area contributed by atoms with Crippen molar-refractivity contribution in [3.63, 3.8) is 0 Å². The molecule has 0 saturated carbocycles. The number of nitrogens with one attached hydrogen (secondary N) is 2. The zero-order valence-electron chi connectivity index (χ0n) is 31.3. The molecule has 0 bridgehead atoms. The van der Waals surface area contributed by atoms with Gasteiger partial charge in [-0.3, -0.25) is 24.8 Å². The van der Waals surface area contributed by atoms with Gasteiger partial charge < -0.3 is 15.0 Å². The van der Waals surface area contributed by atoms with Crippen LogP contribution < -0.4 is 15.5 Å². The number of anilines is 3. The van der Waals surface area contributed by atoms with E-state index in [9.17, 15) is 18.0 Å². The van der Waals surface area contributed by atoms with E-state index < -0.39 is 27.2 Å². The van der Waals surface area contributed by atoms with Crippen molar-refractivity contribution in [3.05, 3.63) is 119 Å². The second kappa shape index (κ2) is 18.0. The molecule has 2 aliphatic heterocycles. The van der Waals surface area contributed by atoms with Gasteiger partial charge in [-0.25, -0.2) is 22.8 Å². The number of sulfone groups is 1. The maximum Gasteiger partial charge on any atom is 0.257 e. The van der Waals surface area contributed by atoms with E-state index in [2.05, 4.69) is 30.5 Å². The first-order valence-corrected chi connectivity index (χ1v) is 23.1. The average Bonchev–Trinajstić information content (AvgIpc) is 3.90. The third kappa shape index (κ3) is 9.56. The fourth-order valence-electron chi connectivity index (χ4n) is 6.92. The van der Waals surface area contributed by atoms with Gasteiger partial charge in [0.25, 0.3) is 5.91 Å². The van der Waals surface area contributed by atoms with Crippen LogP contribution in [0.1, 0.15) is 38.4 Å². The molecule has 3 aromatic carbocycles. The predicted octanol–water partition coefficient (Wildman–Crippen LogP) is 7.05. The number of pyridine rings is 1. The van der Waals surface area contributed by atoms with Crippen LogP contribution in [0.2, 0.25) is 0 Å². The number of fused-ring (bicyclic) bond motifs is 2. The van der Waals surface area contributed by atoms with Crippen molar-refractivity contribution < 1.29 is 27.1 Å². The van der Waals surface area contributed by atoms with Crippen molar-refractivity contribution in [2.24, 2.45) is 0 Å². The standard InChI is InChI=1S/C41H40FN7O5S4/c42-33-21-30(9-10-34(33)44-28(13-15-48-17-19-54-20-18-48)24-55-29-6-2-1-3-7-29)58(52,53)26-37(50)36-25-56-41(46-36)49-16-12-27-5-4-8-31(32(27)23-49)39(51)47-40-45-35-11-14-43-22-38(35)57-40/h1-11,14,21-22,25,28,44H,12-13,15-20,23-24,26H2,(H,45,47,51)/t28-/m1/s1. The summed E-state index contributed by atoms with van der Waals surface area (Å²) in [6.45, 7) is 4.87. The fraction of sp³-hybridized carbons (Fsp3) is 0.293. The van der Waals surface area contributed by atoms with Gasteiger partial charge in [0.2, 0.25) is 0 Å². The highest BCUT2D eigenvalue weighted by Crippen LogP contribution is 2.32. The van der Waals surface area contributed by atoms with Crippen molar-refractivity contribution in [3.8, 4) is 0 Å². The minimum Gasteiger partial charge on any atom is -0.379 e. The van der Waals surface area contributed by atoms with E-state index in [0.717, 1.165) is 58.4 Å². The number of thiazole rings is 2. The first kappa shape index (κ1) is 40.0. The normalized spacial score (nSPS) is 15.2. The molecular formula is C41H40FN7O5S4. The van der Waals surface area contributed by atoms with E-state index in [1.54, 1.807) is 41.7 Å². The largest absolute Gasteiger partial charge is 0.379 e. The Labute approximate surface area is 347 Å². The van der Waals surface area contributed by atoms with Gasteiger partial charge in [-0.2, -0.15) is 0 Å². The molecule has 17 heteroatoms. The van der Waals surface area contributed by atoms with Gasteiger partial charge in [0, 0.05) is 72.8 Å². The molecule has 5 heterocycles. The van der Waals surface area contributed by atoms with Gasteiger partial charge in [-0.1, -0.05) is 41.7 Å². The van der Waals surface area contributed by atoms with Crippen LogP contribution in [0, 0.1) is 5.82 Å². The molecule has 1 fully saturated rings. The minimum absolute atomic E-state index is 0.0171. The number of hydrogen-bond acceptors (Lipinski definition) is 14. The minimum atomic E-state index is -4.19. The summed E-state index contributed by atoms with van der Waals surface area (Å²) in [6, 6.07) is 21.1. The lowest BCUT2D eigenvalue weighted by atomic mass is 9.94. The maximum absolute atomic E-state index is 15.6. The molecule has 12 nitrogen and oxygen atoms in total. The summed E-state index contributed by atoms with van der Waals surface area (Å²) < 4.78 is 48.9. The summed E-state index contributed by atoms with van der Waals surface area (Å²) in [5.41, 5.74) is 3.38. The zero-order valence-corrected chi connectivity index (χ0v) is 34.6. The lowest BCUT2D eigenvalue weighted by molar-refractivity contribution is 0.0370. The number of carbonyl (C=O) groups excluding carboxylic acids is 2. The number of halogens is 1. The summed E-state index contributed by atoms with van der Waals surface area (Å²) in [4.78, 5) is 45.1. The maximum atomic E-state index is 15.6. The molecule has 2 N–H and O–H groups in total. The summed E-state index contributed by atoms with van der Waals surface area (Å²) in [7, 11) is -4.19. The van der Waals surface area contributed by atoms with Crippen LogP contribution in [0.3, 0.4) is 0 Å². The fourth-order valence-corrected chi connectivity index (χ4v) is 10.8. The third-order valence-corrected chi connectivity index (χ3v) is 14.7. The van der Waals surface area contributed by atoms with Crippen molar-refractivity contribution in [2.75, 3.05) is 66.4 Å². The molecule has 0 unspecified atom stereocenters. The topological polar surface area (TPSA) is 147 Å². The van der Waals surface area contributed by atoms with Gasteiger partial charge in [0.15, 0.2) is 25.9 Å². The Balaban J connectivity index is 0.906. The number of aromatic nitrogens is 3. The van der Waals surface area contributed by atoms with Crippen LogP contribution in [0.5, 0.6) is 0 Å². The van der Waals surface area contributed by atoms with Crippen LogP contribution in [-0.4, -0.2) is 96.9 Å². The van der Waals surface area contributed by atoms with E-state index in [4.69, 9.17) is 4.74 Å². The molecule has 1 amide bonds. The number of ketones is 1. The molecule has 3 aromatic heterocycles. The average molecular weight is 858 g/mol. The Morgan fingerprint density at radius 3 is 2.66 bits per heavy atom. The quantitative estimate of drug-likeness (QED) is 0.0806. The SMILES string of the molecule is O=C(CS(=O)(=O)c1ccc(N[C@H](CCN2CCOCC2)CSc2ccccc2)c(F)c1)c1csc(N2CCc3cccc(C(=O)Nc4nc5ccncc5s4)c3C2)n1. The summed E-state index contributed by atoms with van der Waals surface area (Å²) >= 11 is 4.25. The number of ether oxygens (including phenoxy) is 1. The van der Waals surface area contributed by atoms with Gasteiger partial charge in [0.1, 0.15) is 17.3 Å². The molecule has 6 aromatic rings. The number of nitrogens with zero attached hydrogens (tertiary/aromatic N) is 5. The van der Waals surface area contributed by atoms with Crippen LogP contribution in [0.25, 0.3) is 10.2 Å². The van der Waals surface area contributed by atoms with Crippen LogP contribution in [-0.2, 0) is 27.5 Å². The number of benzene rings is 3. The Morgan fingerprint density at radius 2 is 1.84 bits per heavy atom. The Bertz CT molecular complexity index is 2500. The molecule has 1 saturated heterocycles. The highest BCUT2D eigenvalue weighted by atomic mass is 32.2. The number of morpholine rings is 1. The van der Waals surface area contributed by atoms with Crippen molar-refractivity contribution in [1.82, 2.24) is 19.9 Å². The molecule has 2 aliphatic rings. The van der Waals surface area contributed by atoms with Gasteiger partial charge >= 0.3 is 0 Å². The van der Waals surface area contributed by atoms with Crippen molar-refractivity contribution >= 4 is 82.1 Å². The lowest BCUT2D eigenvalue weighted by Gasteiger charge is -2.29. The summed E-state index contributed by atoms with van der Waals surface area (Å²) in [5, 5.41) is 8.79. The number of amides is 1. The first-order valence-electron chi connectivity index (χ1n) is 18.8. The van der Waals surface area contributed by atoms with Crippen LogP contribution >= 0.6 is 34.4 Å². The van der Waals surface area contributed by atoms with Crippen molar-refractivity contribution in [2.45, 2.75) is 35.2 Å². The van der Waals surface area contributed by atoms with E-state index in [0.29, 0.717) is 54.3 Å². The smallest absolute Gasteiger partial charge is 0.257 e. The third-order valence-electron chi connectivity index (χ3n) is 10.1. The number of hydrogen-bond donors (Lipinski definition) is 2. The van der Waals surface area contributed by atoms with E-state index in [1.807, 2.05) is 47.4 Å². The number of carbonyl (C=O) groups is 2. The van der Waals surface area contributed by atoms with Crippen LogP contribution in [0.15, 0.2) is 100 Å². The lowest BCUT2D eigenvalue weighted by Crippen LogP contribution is -2.39. The molecule has 300 valence electrons. The second-order valence-electron chi connectivity index (χ2n) is 14.0. The van der Waals surface area contributed by atoms with E-state index >= 15 is 4.39 Å². The molecule has 0 aliphatic carbocycles. The Hall–Kier alpha value is -4.78. The molecule has 8 rings (SSSR count). The Kier molecular flexibility index (Phi) is 12.4. The number of Topliss-reactive ketones (excluding diaryl/α,β-unsaturated/α-hetero) is 1. The van der Waals surface area contributed by atoms with Gasteiger partial charge in [-0.05, 0) is 66.4 Å². The van der Waals surface area contributed by atoms with Crippen LogP contribution in [0.4, 0.5) is 20.3 Å². The molecule has 0 radical (unpaired) electrons. The van der Waals surface area contributed by atoms with E-state index in [-0.39, 0.29) is 28.2 Å². The number of thioether (sulfide) groups is 1. The number of rotatable bonds is 15. The zero-order chi connectivity index (χ0) is 40.1. The van der Waals surface area contributed by atoms with Gasteiger partial charge in [0.05, 0.1) is 34.0 Å². The summed E-state index contributed by atoms with van der Waals surface area (Å²) in [5.74, 6) is -1.84. The highest BCUT2D eigenvalue weighted by molar-refractivity contribution is 7.99. The highest BCUT2D eigenvalue weighted by Gasteiger charge is 2.28. The summed E-state index contributed by atoms with van der Waals surface area (Å²) in [6.07, 6.45) is 4.77. The monoisotopic (exact) mass is 857 g/mol. The molecule has 1 atom stereocenters. The Morgan fingerprint density at radius 1 is 1.00 bits per heavy atom.